The Bertz CT molecular complexity index is 958. The second-order valence-corrected chi connectivity index (χ2v) is 8.05. The van der Waals surface area contributed by atoms with E-state index in [2.05, 4.69) is 15.3 Å². The molecule has 25 heavy (non-hydrogen) atoms. The molecular weight excluding hydrogens is 364 g/mol. The molecule has 0 aliphatic rings. The molecule has 8 heteroatoms. The molecule has 130 valence electrons. The van der Waals surface area contributed by atoms with Gasteiger partial charge in [0.25, 0.3) is 0 Å². The summed E-state index contributed by atoms with van der Waals surface area (Å²) in [6.45, 7) is 5.77. The van der Waals surface area contributed by atoms with Crippen molar-refractivity contribution in [2.24, 2.45) is 0 Å². The van der Waals surface area contributed by atoms with Crippen molar-refractivity contribution in [2.45, 2.75) is 31.0 Å². The largest absolute Gasteiger partial charge is 0.325 e. The smallest absolute Gasteiger partial charge is 0.237 e. The zero-order valence-electron chi connectivity index (χ0n) is 13.8. The summed E-state index contributed by atoms with van der Waals surface area (Å²) < 4.78 is 26.2. The molecule has 0 bridgehead atoms. The Morgan fingerprint density at radius 3 is 2.72 bits per heavy atom. The normalized spacial score (nSPS) is 12.4. The Hall–Kier alpha value is -2.06. The molecule has 1 aromatic carbocycles. The number of hydrogen-bond donors (Lipinski definition) is 1. The van der Waals surface area contributed by atoms with Gasteiger partial charge in [-0.2, -0.15) is 0 Å². The number of aryl methyl sites for hydroxylation is 2. The minimum Gasteiger partial charge on any atom is -0.325 e. The van der Waals surface area contributed by atoms with Crippen LogP contribution in [0.5, 0.6) is 0 Å². The quantitative estimate of drug-likeness (QED) is 0.527. The van der Waals surface area contributed by atoms with Crippen LogP contribution in [0.2, 0.25) is 0 Å². The van der Waals surface area contributed by atoms with Crippen LogP contribution >= 0.6 is 23.1 Å². The topological polar surface area (TPSA) is 54.9 Å². The summed E-state index contributed by atoms with van der Waals surface area (Å²) in [5, 5.41) is 3.82. The number of anilines is 1. The fourth-order valence-electron chi connectivity index (χ4n) is 2.28. The average molecular weight is 379 g/mol. The molecule has 0 radical (unpaired) electrons. The number of rotatable bonds is 4. The van der Waals surface area contributed by atoms with Crippen molar-refractivity contribution < 1.29 is 13.6 Å². The van der Waals surface area contributed by atoms with Crippen molar-refractivity contribution in [2.75, 3.05) is 5.32 Å². The van der Waals surface area contributed by atoms with Gasteiger partial charge in [-0.25, -0.2) is 18.7 Å². The van der Waals surface area contributed by atoms with Crippen LogP contribution in [-0.2, 0) is 4.79 Å². The van der Waals surface area contributed by atoms with Gasteiger partial charge in [-0.15, -0.1) is 11.3 Å². The Kier molecular flexibility index (Phi) is 5.01. The van der Waals surface area contributed by atoms with Gasteiger partial charge in [-0.05, 0) is 38.5 Å². The second-order valence-electron chi connectivity index (χ2n) is 5.52. The number of aromatic nitrogens is 2. The molecule has 2 heterocycles. The van der Waals surface area contributed by atoms with Gasteiger partial charge in [-0.1, -0.05) is 11.8 Å². The summed E-state index contributed by atoms with van der Waals surface area (Å²) in [6, 6.07) is 3.26. The summed E-state index contributed by atoms with van der Waals surface area (Å²) in [6.07, 6.45) is 1.49. The maximum absolute atomic E-state index is 13.3. The molecule has 1 N–H and O–H groups in total. The first-order chi connectivity index (χ1) is 11.9. The monoisotopic (exact) mass is 379 g/mol. The van der Waals surface area contributed by atoms with Gasteiger partial charge >= 0.3 is 0 Å². The molecule has 3 rings (SSSR count). The fraction of sp³-hybridized carbons (Fsp3) is 0.235. The van der Waals surface area contributed by atoms with Crippen molar-refractivity contribution in [1.29, 1.82) is 0 Å². The lowest BCUT2D eigenvalue weighted by molar-refractivity contribution is -0.115. The predicted molar refractivity (Wildman–Crippen MR) is 97.2 cm³/mol. The number of nitrogens with zero attached hydrogens (tertiary/aromatic N) is 2. The summed E-state index contributed by atoms with van der Waals surface area (Å²) in [5.41, 5.74) is 1.32. The molecule has 0 unspecified atom stereocenters. The van der Waals surface area contributed by atoms with Crippen LogP contribution in [0.4, 0.5) is 14.5 Å². The number of nitrogens with one attached hydrogen (secondary N) is 1. The SMILES string of the molecule is Cc1sc2ncnc(S[C@@H](C)C(=O)Nc3ccc(F)c(F)c3)c2c1C. The Balaban J connectivity index is 1.79. The predicted octanol–water partition coefficient (Wildman–Crippen LogP) is 4.71. The average Bonchev–Trinajstić information content (AvgIpc) is 2.86. The number of benzene rings is 1. The van der Waals surface area contributed by atoms with Crippen LogP contribution in [0.1, 0.15) is 17.4 Å². The molecule has 0 fully saturated rings. The van der Waals surface area contributed by atoms with Gasteiger partial charge in [0.2, 0.25) is 5.91 Å². The highest BCUT2D eigenvalue weighted by Crippen LogP contribution is 2.36. The van der Waals surface area contributed by atoms with Crippen molar-refractivity contribution in [1.82, 2.24) is 9.97 Å². The zero-order valence-corrected chi connectivity index (χ0v) is 15.4. The zero-order chi connectivity index (χ0) is 18.1. The van der Waals surface area contributed by atoms with Crippen LogP contribution in [0.3, 0.4) is 0 Å². The van der Waals surface area contributed by atoms with E-state index in [-0.39, 0.29) is 11.6 Å². The van der Waals surface area contributed by atoms with Gasteiger partial charge in [-0.3, -0.25) is 4.79 Å². The van der Waals surface area contributed by atoms with Crippen LogP contribution in [-0.4, -0.2) is 21.1 Å². The van der Waals surface area contributed by atoms with Gasteiger partial charge in [0.05, 0.1) is 5.25 Å². The molecule has 0 aliphatic carbocycles. The highest BCUT2D eigenvalue weighted by atomic mass is 32.2. The van der Waals surface area contributed by atoms with E-state index < -0.39 is 16.9 Å². The van der Waals surface area contributed by atoms with E-state index in [4.69, 9.17) is 0 Å². The molecule has 0 aliphatic heterocycles. The van der Waals surface area contributed by atoms with Crippen molar-refractivity contribution >= 4 is 44.9 Å². The van der Waals surface area contributed by atoms with Gasteiger partial charge in [0.1, 0.15) is 16.2 Å². The van der Waals surface area contributed by atoms with Gasteiger partial charge < -0.3 is 5.32 Å². The van der Waals surface area contributed by atoms with Crippen LogP contribution in [0.25, 0.3) is 10.2 Å². The molecule has 0 saturated carbocycles. The number of carbonyl (C=O) groups is 1. The maximum atomic E-state index is 13.3. The number of carbonyl (C=O) groups excluding carboxylic acids is 1. The van der Waals surface area contributed by atoms with E-state index in [1.807, 2.05) is 13.8 Å². The molecule has 2 aromatic heterocycles. The Labute approximate surface area is 151 Å². The molecular formula is C17H15F2N3OS2. The number of thioether (sulfide) groups is 1. The lowest BCUT2D eigenvalue weighted by Crippen LogP contribution is -2.22. The van der Waals surface area contributed by atoms with E-state index >= 15 is 0 Å². The lowest BCUT2D eigenvalue weighted by Gasteiger charge is -2.12. The molecule has 1 atom stereocenters. The molecule has 1 amide bonds. The van der Waals surface area contributed by atoms with Crippen molar-refractivity contribution in [3.8, 4) is 0 Å². The number of thiophene rings is 1. The molecule has 0 saturated heterocycles. The minimum atomic E-state index is -1.00. The Morgan fingerprint density at radius 2 is 2.00 bits per heavy atom. The standard InChI is InChI=1S/C17H15F2N3OS2/c1-8-9(2)24-16-14(8)17(21-7-20-16)25-10(3)15(23)22-11-4-5-12(18)13(19)6-11/h4-7,10H,1-3H3,(H,22,23)/t10-/m0/s1. The van der Waals surface area contributed by atoms with Crippen LogP contribution in [0.15, 0.2) is 29.6 Å². The first kappa shape index (κ1) is 17.8. The number of hydrogen-bond acceptors (Lipinski definition) is 5. The third-order valence-corrected chi connectivity index (χ3v) is 5.99. The van der Waals surface area contributed by atoms with E-state index in [1.165, 1.54) is 24.2 Å². The number of halogens is 2. The van der Waals surface area contributed by atoms with E-state index in [1.54, 1.807) is 18.3 Å². The molecule has 4 nitrogen and oxygen atoms in total. The van der Waals surface area contributed by atoms with Crippen LogP contribution < -0.4 is 5.32 Å². The number of fused-ring (bicyclic) bond motifs is 1. The summed E-state index contributed by atoms with van der Waals surface area (Å²) in [4.78, 5) is 23.0. The third kappa shape index (κ3) is 3.64. The Morgan fingerprint density at radius 1 is 1.24 bits per heavy atom. The minimum absolute atomic E-state index is 0.215. The van der Waals surface area contributed by atoms with E-state index in [0.29, 0.717) is 0 Å². The maximum Gasteiger partial charge on any atom is 0.237 e. The van der Waals surface area contributed by atoms with Crippen molar-refractivity contribution in [3.63, 3.8) is 0 Å². The first-order valence-electron chi connectivity index (χ1n) is 7.50. The second kappa shape index (κ2) is 7.05. The lowest BCUT2D eigenvalue weighted by atomic mass is 10.2. The third-order valence-electron chi connectivity index (χ3n) is 3.78. The van der Waals surface area contributed by atoms with Gasteiger partial charge in [0, 0.05) is 22.0 Å². The fourth-order valence-corrected chi connectivity index (χ4v) is 4.32. The summed E-state index contributed by atoms with van der Waals surface area (Å²) in [5.74, 6) is -2.26. The van der Waals surface area contributed by atoms with Crippen molar-refractivity contribution in [3.05, 3.63) is 46.6 Å². The number of amides is 1. The van der Waals surface area contributed by atoms with Gasteiger partial charge in [0.15, 0.2) is 11.6 Å². The van der Waals surface area contributed by atoms with Crippen LogP contribution in [0, 0.1) is 25.5 Å². The highest BCUT2D eigenvalue weighted by molar-refractivity contribution is 8.00. The first-order valence-corrected chi connectivity index (χ1v) is 9.19. The van der Waals surface area contributed by atoms with E-state index in [9.17, 15) is 13.6 Å². The summed E-state index contributed by atoms with van der Waals surface area (Å²) >= 11 is 2.90. The molecule has 3 aromatic rings. The highest BCUT2D eigenvalue weighted by Gasteiger charge is 2.19. The summed E-state index contributed by atoms with van der Waals surface area (Å²) in [7, 11) is 0. The van der Waals surface area contributed by atoms with E-state index in [0.717, 1.165) is 37.8 Å². The molecule has 0 spiro atoms.